The molecule has 1 aromatic heterocycles. The second-order valence-corrected chi connectivity index (χ2v) is 6.43. The van der Waals surface area contributed by atoms with E-state index < -0.39 is 11.7 Å². The fraction of sp³-hybridized carbons (Fsp3) is 0.286. The number of hydrogen-bond donors (Lipinski definition) is 1. The predicted molar refractivity (Wildman–Crippen MR) is 80.2 cm³/mol. The Balaban J connectivity index is 2.18. The van der Waals surface area contributed by atoms with Gasteiger partial charge in [0.1, 0.15) is 0 Å². The summed E-state index contributed by atoms with van der Waals surface area (Å²) < 4.78 is 39.4. The fourth-order valence-corrected chi connectivity index (χ4v) is 3.06. The van der Waals surface area contributed by atoms with Gasteiger partial charge in [-0.2, -0.15) is 13.2 Å². The Morgan fingerprint density at radius 2 is 1.85 bits per heavy atom. The van der Waals surface area contributed by atoms with Crippen LogP contribution in [0.15, 0.2) is 34.8 Å². The second kappa shape index (κ2) is 6.18. The minimum atomic E-state index is -4.35. The van der Waals surface area contributed by atoms with Crippen molar-refractivity contribution in [1.29, 1.82) is 0 Å². The van der Waals surface area contributed by atoms with Crippen LogP contribution in [0.25, 0.3) is 0 Å². The first-order chi connectivity index (χ1) is 9.40. The summed E-state index contributed by atoms with van der Waals surface area (Å²) in [5.41, 5.74) is -0.550. The molecule has 0 atom stereocenters. The summed E-state index contributed by atoms with van der Waals surface area (Å²) in [6.07, 6.45) is -3.41. The molecule has 0 radical (unpaired) electrons. The van der Waals surface area contributed by atoms with Crippen LogP contribution in [0.5, 0.6) is 0 Å². The zero-order valence-electron chi connectivity index (χ0n) is 10.7. The summed E-state index contributed by atoms with van der Waals surface area (Å²) in [4.78, 5) is 2.25. The van der Waals surface area contributed by atoms with Gasteiger partial charge >= 0.3 is 6.18 Å². The van der Waals surface area contributed by atoms with Gasteiger partial charge < -0.3 is 5.32 Å². The highest BCUT2D eigenvalue weighted by atomic mass is 79.9. The molecule has 0 aliphatic heterocycles. The maximum atomic E-state index is 12.9. The molecule has 6 heteroatoms. The lowest BCUT2D eigenvalue weighted by Crippen LogP contribution is -2.10. The molecule has 0 spiro atoms. The number of hydrogen-bond acceptors (Lipinski definition) is 2. The molecule has 0 bridgehead atoms. The van der Waals surface area contributed by atoms with Crippen molar-refractivity contribution in [3.8, 4) is 0 Å². The molecule has 1 aromatic carbocycles. The van der Waals surface area contributed by atoms with Crippen LogP contribution in [0, 0.1) is 0 Å². The van der Waals surface area contributed by atoms with Gasteiger partial charge in [0.25, 0.3) is 0 Å². The first-order valence-corrected chi connectivity index (χ1v) is 7.69. The molecule has 20 heavy (non-hydrogen) atoms. The van der Waals surface area contributed by atoms with Crippen molar-refractivity contribution in [2.75, 3.05) is 5.32 Å². The monoisotopic (exact) mass is 363 g/mol. The molecule has 0 unspecified atom stereocenters. The third-order valence-electron chi connectivity index (χ3n) is 2.81. The topological polar surface area (TPSA) is 12.0 Å². The van der Waals surface area contributed by atoms with Gasteiger partial charge in [-0.05, 0) is 36.8 Å². The minimum Gasteiger partial charge on any atom is -0.380 e. The Labute approximate surface area is 128 Å². The molecule has 1 nitrogen and oxygen atoms in total. The van der Waals surface area contributed by atoms with E-state index in [2.05, 4.69) is 28.2 Å². The lowest BCUT2D eigenvalue weighted by Gasteiger charge is -2.14. The SMILES string of the molecule is CCc1ccc(CNc2cc(Br)ccc2C(F)(F)F)s1. The van der Waals surface area contributed by atoms with E-state index >= 15 is 0 Å². The van der Waals surface area contributed by atoms with Crippen molar-refractivity contribution in [2.24, 2.45) is 0 Å². The number of alkyl halides is 3. The van der Waals surface area contributed by atoms with Crippen LogP contribution in [0.1, 0.15) is 22.2 Å². The highest BCUT2D eigenvalue weighted by Crippen LogP contribution is 2.36. The van der Waals surface area contributed by atoms with E-state index in [1.54, 1.807) is 11.3 Å². The van der Waals surface area contributed by atoms with Gasteiger partial charge in [0.2, 0.25) is 0 Å². The van der Waals surface area contributed by atoms with Crippen LogP contribution in [-0.2, 0) is 19.1 Å². The smallest absolute Gasteiger partial charge is 0.380 e. The Morgan fingerprint density at radius 1 is 1.15 bits per heavy atom. The molecule has 2 aromatic rings. The number of anilines is 1. The van der Waals surface area contributed by atoms with Gasteiger partial charge in [-0.3, -0.25) is 0 Å². The fourth-order valence-electron chi connectivity index (χ4n) is 1.80. The standard InChI is InChI=1S/C14H13BrF3NS/c1-2-10-4-5-11(20-10)8-19-13-7-9(15)3-6-12(13)14(16,17)18/h3-7,19H,2,8H2,1H3. The number of rotatable bonds is 4. The lowest BCUT2D eigenvalue weighted by atomic mass is 10.1. The highest BCUT2D eigenvalue weighted by molar-refractivity contribution is 9.10. The van der Waals surface area contributed by atoms with E-state index in [9.17, 15) is 13.2 Å². The maximum Gasteiger partial charge on any atom is 0.418 e. The zero-order valence-corrected chi connectivity index (χ0v) is 13.1. The number of aryl methyl sites for hydroxylation is 1. The summed E-state index contributed by atoms with van der Waals surface area (Å²) in [6.45, 7) is 2.45. The molecule has 1 N–H and O–H groups in total. The summed E-state index contributed by atoms with van der Waals surface area (Å²) in [6, 6.07) is 7.89. The summed E-state index contributed by atoms with van der Waals surface area (Å²) in [5.74, 6) is 0. The predicted octanol–water partition coefficient (Wildman–Crippen LogP) is 5.70. The van der Waals surface area contributed by atoms with Crippen molar-refractivity contribution < 1.29 is 13.2 Å². The molecular weight excluding hydrogens is 351 g/mol. The molecule has 1 heterocycles. The third kappa shape index (κ3) is 3.76. The molecule has 0 aliphatic carbocycles. The minimum absolute atomic E-state index is 0.0957. The summed E-state index contributed by atoms with van der Waals surface area (Å²) in [5, 5.41) is 2.87. The first kappa shape index (κ1) is 15.4. The zero-order chi connectivity index (χ0) is 14.8. The van der Waals surface area contributed by atoms with E-state index in [-0.39, 0.29) is 5.69 Å². The van der Waals surface area contributed by atoms with Crippen molar-refractivity contribution in [2.45, 2.75) is 26.1 Å². The van der Waals surface area contributed by atoms with E-state index in [4.69, 9.17) is 0 Å². The van der Waals surface area contributed by atoms with Gasteiger partial charge in [-0.15, -0.1) is 11.3 Å². The molecule has 2 rings (SSSR count). The molecular formula is C14H13BrF3NS. The molecule has 108 valence electrons. The summed E-state index contributed by atoms with van der Waals surface area (Å²) >= 11 is 4.81. The van der Waals surface area contributed by atoms with E-state index in [1.807, 2.05) is 12.1 Å². The average Bonchev–Trinajstić information content (AvgIpc) is 2.83. The molecule has 0 fully saturated rings. The molecule has 0 saturated heterocycles. The van der Waals surface area contributed by atoms with Crippen LogP contribution < -0.4 is 5.32 Å². The Morgan fingerprint density at radius 3 is 2.45 bits per heavy atom. The van der Waals surface area contributed by atoms with Crippen molar-refractivity contribution >= 4 is 33.0 Å². The third-order valence-corrected chi connectivity index (χ3v) is 4.53. The van der Waals surface area contributed by atoms with Gasteiger partial charge in [0.15, 0.2) is 0 Å². The highest BCUT2D eigenvalue weighted by Gasteiger charge is 2.33. The summed E-state index contributed by atoms with van der Waals surface area (Å²) in [7, 11) is 0. The van der Waals surface area contributed by atoms with Gasteiger partial charge in [-0.1, -0.05) is 22.9 Å². The van der Waals surface area contributed by atoms with Crippen LogP contribution in [0.4, 0.5) is 18.9 Å². The van der Waals surface area contributed by atoms with Gasteiger partial charge in [0, 0.05) is 26.5 Å². The maximum absolute atomic E-state index is 12.9. The van der Waals surface area contributed by atoms with Crippen LogP contribution in [-0.4, -0.2) is 0 Å². The Bertz CT molecular complexity index is 592. The number of benzene rings is 1. The lowest BCUT2D eigenvalue weighted by molar-refractivity contribution is -0.137. The number of nitrogens with one attached hydrogen (secondary N) is 1. The van der Waals surface area contributed by atoms with Crippen LogP contribution in [0.3, 0.4) is 0 Å². The second-order valence-electron chi connectivity index (χ2n) is 4.26. The Kier molecular flexibility index (Phi) is 4.75. The number of thiophene rings is 1. The van der Waals surface area contributed by atoms with E-state index in [0.29, 0.717) is 11.0 Å². The molecule has 0 amide bonds. The number of halogens is 4. The largest absolute Gasteiger partial charge is 0.418 e. The van der Waals surface area contributed by atoms with E-state index in [1.165, 1.54) is 17.0 Å². The van der Waals surface area contributed by atoms with Gasteiger partial charge in [0.05, 0.1) is 5.56 Å². The van der Waals surface area contributed by atoms with Crippen molar-refractivity contribution in [3.05, 3.63) is 50.1 Å². The van der Waals surface area contributed by atoms with Crippen LogP contribution >= 0.6 is 27.3 Å². The quantitative estimate of drug-likeness (QED) is 0.733. The average molecular weight is 364 g/mol. The first-order valence-electron chi connectivity index (χ1n) is 6.08. The normalized spacial score (nSPS) is 11.7. The Hall–Kier alpha value is -1.01. The van der Waals surface area contributed by atoms with Crippen molar-refractivity contribution in [1.82, 2.24) is 0 Å². The van der Waals surface area contributed by atoms with Gasteiger partial charge in [-0.25, -0.2) is 0 Å². The van der Waals surface area contributed by atoms with E-state index in [0.717, 1.165) is 17.4 Å². The molecule has 0 saturated carbocycles. The van der Waals surface area contributed by atoms with Crippen molar-refractivity contribution in [3.63, 3.8) is 0 Å². The van der Waals surface area contributed by atoms with Crippen LogP contribution in [0.2, 0.25) is 0 Å². The molecule has 0 aliphatic rings.